The van der Waals surface area contributed by atoms with Crippen LogP contribution in [0.15, 0.2) is 24.3 Å². The zero-order valence-corrected chi connectivity index (χ0v) is 10.8. The fraction of sp³-hybridized carbons (Fsp3) is 0.462. The van der Waals surface area contributed by atoms with Crippen molar-refractivity contribution in [1.29, 1.82) is 0 Å². The van der Waals surface area contributed by atoms with Gasteiger partial charge in [0.2, 0.25) is 5.91 Å². The van der Waals surface area contributed by atoms with E-state index in [1.807, 2.05) is 13.8 Å². The minimum absolute atomic E-state index is 0.0127. The number of amides is 1. The highest BCUT2D eigenvalue weighted by atomic mass is 19.4. The molecule has 0 heterocycles. The summed E-state index contributed by atoms with van der Waals surface area (Å²) in [5, 5.41) is 5.19. The van der Waals surface area contributed by atoms with Gasteiger partial charge in [-0.05, 0) is 25.5 Å². The molecule has 19 heavy (non-hydrogen) atoms. The summed E-state index contributed by atoms with van der Waals surface area (Å²) in [6.45, 7) is 3.84. The van der Waals surface area contributed by atoms with E-state index in [1.165, 1.54) is 18.2 Å². The predicted molar refractivity (Wildman–Crippen MR) is 67.8 cm³/mol. The van der Waals surface area contributed by atoms with Crippen LogP contribution in [-0.2, 0) is 11.0 Å². The molecule has 3 nitrogen and oxygen atoms in total. The summed E-state index contributed by atoms with van der Waals surface area (Å²) < 4.78 is 38.1. The number of carbonyl (C=O) groups is 1. The first-order chi connectivity index (χ1) is 8.84. The molecule has 1 rings (SSSR count). The predicted octanol–water partition coefficient (Wildman–Crippen LogP) is 3.03. The second-order valence-corrected chi connectivity index (χ2v) is 4.28. The Bertz CT molecular complexity index is 432. The van der Waals surface area contributed by atoms with E-state index in [2.05, 4.69) is 10.6 Å². The SMILES string of the molecule is CCC(C)NCC(=O)Nc1ccccc1C(F)(F)F. The molecule has 0 saturated carbocycles. The lowest BCUT2D eigenvalue weighted by Crippen LogP contribution is -2.34. The standard InChI is InChI=1S/C13H17F3N2O/c1-3-9(2)17-8-12(19)18-11-7-5-4-6-10(11)13(14,15)16/h4-7,9,17H,3,8H2,1-2H3,(H,18,19). The summed E-state index contributed by atoms with van der Waals surface area (Å²) in [5.74, 6) is -0.489. The van der Waals surface area contributed by atoms with Crippen molar-refractivity contribution >= 4 is 11.6 Å². The summed E-state index contributed by atoms with van der Waals surface area (Å²) in [7, 11) is 0. The zero-order chi connectivity index (χ0) is 14.5. The number of hydrogen-bond donors (Lipinski definition) is 2. The molecule has 1 amide bonds. The van der Waals surface area contributed by atoms with Crippen molar-refractivity contribution < 1.29 is 18.0 Å². The van der Waals surface area contributed by atoms with E-state index in [0.717, 1.165) is 12.5 Å². The van der Waals surface area contributed by atoms with E-state index in [4.69, 9.17) is 0 Å². The Balaban J connectivity index is 2.70. The van der Waals surface area contributed by atoms with Crippen molar-refractivity contribution in [3.63, 3.8) is 0 Å². The summed E-state index contributed by atoms with van der Waals surface area (Å²) in [6.07, 6.45) is -3.64. The lowest BCUT2D eigenvalue weighted by atomic mass is 10.1. The first-order valence-electron chi connectivity index (χ1n) is 6.04. The Morgan fingerprint density at radius 2 is 1.95 bits per heavy atom. The molecule has 1 atom stereocenters. The third-order valence-corrected chi connectivity index (χ3v) is 2.73. The van der Waals surface area contributed by atoms with Gasteiger partial charge in [0.15, 0.2) is 0 Å². The van der Waals surface area contributed by atoms with Crippen LogP contribution < -0.4 is 10.6 Å². The lowest BCUT2D eigenvalue weighted by molar-refractivity contribution is -0.137. The highest BCUT2D eigenvalue weighted by molar-refractivity contribution is 5.93. The largest absolute Gasteiger partial charge is 0.418 e. The Morgan fingerprint density at radius 1 is 1.32 bits per heavy atom. The van der Waals surface area contributed by atoms with Crippen LogP contribution in [0.5, 0.6) is 0 Å². The van der Waals surface area contributed by atoms with Crippen LogP contribution in [0.3, 0.4) is 0 Å². The molecule has 0 spiro atoms. The van der Waals surface area contributed by atoms with E-state index in [0.29, 0.717) is 0 Å². The molecule has 2 N–H and O–H groups in total. The van der Waals surface area contributed by atoms with Crippen LogP contribution in [0.25, 0.3) is 0 Å². The van der Waals surface area contributed by atoms with Gasteiger partial charge < -0.3 is 10.6 Å². The highest BCUT2D eigenvalue weighted by Crippen LogP contribution is 2.34. The Labute approximate surface area is 110 Å². The van der Waals surface area contributed by atoms with Gasteiger partial charge in [-0.3, -0.25) is 4.79 Å². The van der Waals surface area contributed by atoms with Crippen LogP contribution in [0, 0.1) is 0 Å². The van der Waals surface area contributed by atoms with Gasteiger partial charge in [-0.2, -0.15) is 13.2 Å². The molecule has 1 unspecified atom stereocenters. The minimum Gasteiger partial charge on any atom is -0.324 e. The molecule has 0 aliphatic carbocycles. The maximum atomic E-state index is 12.7. The monoisotopic (exact) mass is 274 g/mol. The third kappa shape index (κ3) is 4.90. The van der Waals surface area contributed by atoms with Crippen molar-refractivity contribution in [2.75, 3.05) is 11.9 Å². The van der Waals surface area contributed by atoms with E-state index in [1.54, 1.807) is 0 Å². The van der Waals surface area contributed by atoms with Crippen molar-refractivity contribution in [3.05, 3.63) is 29.8 Å². The molecule has 0 aliphatic heterocycles. The first kappa shape index (κ1) is 15.5. The van der Waals surface area contributed by atoms with E-state index in [-0.39, 0.29) is 18.3 Å². The second-order valence-electron chi connectivity index (χ2n) is 4.28. The van der Waals surface area contributed by atoms with Crippen LogP contribution in [-0.4, -0.2) is 18.5 Å². The molecule has 1 aromatic carbocycles. The Morgan fingerprint density at radius 3 is 2.53 bits per heavy atom. The molecular weight excluding hydrogens is 257 g/mol. The number of alkyl halides is 3. The van der Waals surface area contributed by atoms with Crippen LogP contribution in [0.2, 0.25) is 0 Å². The molecule has 6 heteroatoms. The average molecular weight is 274 g/mol. The van der Waals surface area contributed by atoms with E-state index < -0.39 is 17.6 Å². The van der Waals surface area contributed by atoms with Crippen LogP contribution >= 0.6 is 0 Å². The molecule has 1 aromatic rings. The van der Waals surface area contributed by atoms with Gasteiger partial charge in [0, 0.05) is 6.04 Å². The minimum atomic E-state index is -4.48. The maximum absolute atomic E-state index is 12.7. The molecule has 0 fully saturated rings. The van der Waals surface area contributed by atoms with E-state index in [9.17, 15) is 18.0 Å². The number of nitrogens with one attached hydrogen (secondary N) is 2. The van der Waals surface area contributed by atoms with Gasteiger partial charge in [0.1, 0.15) is 0 Å². The highest BCUT2D eigenvalue weighted by Gasteiger charge is 2.33. The number of para-hydroxylation sites is 1. The van der Waals surface area contributed by atoms with Gasteiger partial charge >= 0.3 is 6.18 Å². The summed E-state index contributed by atoms with van der Waals surface area (Å²) in [5.41, 5.74) is -1.06. The van der Waals surface area contributed by atoms with Gasteiger partial charge in [0.25, 0.3) is 0 Å². The molecule has 0 radical (unpaired) electrons. The van der Waals surface area contributed by atoms with Crippen molar-refractivity contribution in [1.82, 2.24) is 5.32 Å². The summed E-state index contributed by atoms with van der Waals surface area (Å²) in [4.78, 5) is 11.6. The quantitative estimate of drug-likeness (QED) is 0.866. The summed E-state index contributed by atoms with van der Waals surface area (Å²) in [6, 6.07) is 5.06. The molecular formula is C13H17F3N2O. The first-order valence-corrected chi connectivity index (χ1v) is 6.04. The second kappa shape index (κ2) is 6.56. The molecule has 0 aliphatic rings. The molecule has 0 bridgehead atoms. The van der Waals surface area contributed by atoms with Gasteiger partial charge in [-0.25, -0.2) is 0 Å². The number of benzene rings is 1. The molecule has 106 valence electrons. The fourth-order valence-corrected chi connectivity index (χ4v) is 1.44. The number of rotatable bonds is 5. The van der Waals surface area contributed by atoms with Crippen molar-refractivity contribution in [2.45, 2.75) is 32.5 Å². The zero-order valence-electron chi connectivity index (χ0n) is 10.8. The fourth-order valence-electron chi connectivity index (χ4n) is 1.44. The van der Waals surface area contributed by atoms with Gasteiger partial charge in [-0.15, -0.1) is 0 Å². The smallest absolute Gasteiger partial charge is 0.324 e. The topological polar surface area (TPSA) is 41.1 Å². The van der Waals surface area contributed by atoms with E-state index >= 15 is 0 Å². The van der Waals surface area contributed by atoms with Crippen molar-refractivity contribution in [2.24, 2.45) is 0 Å². The number of anilines is 1. The van der Waals surface area contributed by atoms with Crippen molar-refractivity contribution in [3.8, 4) is 0 Å². The number of carbonyl (C=O) groups excluding carboxylic acids is 1. The van der Waals surface area contributed by atoms with Crippen LogP contribution in [0.4, 0.5) is 18.9 Å². The normalized spacial score (nSPS) is 13.1. The number of hydrogen-bond acceptors (Lipinski definition) is 2. The summed E-state index contributed by atoms with van der Waals surface area (Å²) >= 11 is 0. The Hall–Kier alpha value is -1.56. The maximum Gasteiger partial charge on any atom is 0.418 e. The molecule has 0 saturated heterocycles. The van der Waals surface area contributed by atoms with Gasteiger partial charge in [-0.1, -0.05) is 19.1 Å². The van der Waals surface area contributed by atoms with Crippen LogP contribution in [0.1, 0.15) is 25.8 Å². The molecule has 0 aromatic heterocycles. The average Bonchev–Trinajstić information content (AvgIpc) is 2.35. The number of halogens is 3. The third-order valence-electron chi connectivity index (χ3n) is 2.73. The van der Waals surface area contributed by atoms with Gasteiger partial charge in [0.05, 0.1) is 17.8 Å². The Kier molecular flexibility index (Phi) is 5.35. The lowest BCUT2D eigenvalue weighted by Gasteiger charge is -2.15.